The first-order valence-corrected chi connectivity index (χ1v) is 6.38. The Morgan fingerprint density at radius 1 is 1.50 bits per heavy atom. The van der Waals surface area contributed by atoms with Crippen molar-refractivity contribution >= 4 is 0 Å². The molecule has 1 unspecified atom stereocenters. The molecule has 1 fully saturated rings. The number of rotatable bonds is 6. The average molecular weight is 221 g/mol. The highest BCUT2D eigenvalue weighted by Gasteiger charge is 2.32. The second kappa shape index (κ2) is 5.00. The normalized spacial score (nSPS) is 18.0. The van der Waals surface area contributed by atoms with Crippen LogP contribution in [-0.4, -0.2) is 22.1 Å². The van der Waals surface area contributed by atoms with Gasteiger partial charge in [0.1, 0.15) is 5.82 Å². The minimum Gasteiger partial charge on any atom is -0.338 e. The molecular weight excluding hydrogens is 198 g/mol. The van der Waals surface area contributed by atoms with Crippen LogP contribution >= 0.6 is 0 Å². The van der Waals surface area contributed by atoms with Crippen LogP contribution in [0.15, 0.2) is 12.4 Å². The smallest absolute Gasteiger partial charge is 0.109 e. The van der Waals surface area contributed by atoms with Crippen LogP contribution in [0, 0.1) is 11.8 Å². The van der Waals surface area contributed by atoms with Crippen molar-refractivity contribution in [1.29, 1.82) is 0 Å². The van der Waals surface area contributed by atoms with Crippen LogP contribution in [-0.2, 0) is 13.5 Å². The number of hydrogen-bond donors (Lipinski definition) is 1. The first-order chi connectivity index (χ1) is 7.68. The van der Waals surface area contributed by atoms with Crippen molar-refractivity contribution in [3.05, 3.63) is 18.2 Å². The average Bonchev–Trinajstić information content (AvgIpc) is 2.98. The Morgan fingerprint density at radius 2 is 2.25 bits per heavy atom. The fourth-order valence-corrected chi connectivity index (χ4v) is 2.39. The SMILES string of the molecule is CC(C)C(NCCc1nccn1C)C1CC1. The summed E-state index contributed by atoms with van der Waals surface area (Å²) in [5.74, 6) is 2.85. The lowest BCUT2D eigenvalue weighted by Crippen LogP contribution is -2.37. The molecule has 0 radical (unpaired) electrons. The Morgan fingerprint density at radius 3 is 2.75 bits per heavy atom. The third kappa shape index (κ3) is 2.85. The van der Waals surface area contributed by atoms with E-state index in [1.807, 2.05) is 12.4 Å². The van der Waals surface area contributed by atoms with Gasteiger partial charge >= 0.3 is 0 Å². The summed E-state index contributed by atoms with van der Waals surface area (Å²) in [6, 6.07) is 0.709. The zero-order valence-electron chi connectivity index (χ0n) is 10.6. The Bertz CT molecular complexity index is 324. The fraction of sp³-hybridized carbons (Fsp3) is 0.769. The monoisotopic (exact) mass is 221 g/mol. The molecule has 1 aliphatic carbocycles. The van der Waals surface area contributed by atoms with E-state index in [9.17, 15) is 0 Å². The number of aryl methyl sites for hydroxylation is 1. The summed E-state index contributed by atoms with van der Waals surface area (Å²) in [5, 5.41) is 3.69. The molecule has 1 N–H and O–H groups in total. The lowest BCUT2D eigenvalue weighted by molar-refractivity contribution is 0.361. The van der Waals surface area contributed by atoms with Gasteiger partial charge in [-0.05, 0) is 24.7 Å². The van der Waals surface area contributed by atoms with Crippen molar-refractivity contribution in [2.75, 3.05) is 6.54 Å². The first-order valence-electron chi connectivity index (χ1n) is 6.38. The van der Waals surface area contributed by atoms with Gasteiger partial charge in [-0.25, -0.2) is 4.98 Å². The second-order valence-electron chi connectivity index (χ2n) is 5.27. The number of imidazole rings is 1. The molecule has 0 aromatic carbocycles. The van der Waals surface area contributed by atoms with Crippen LogP contribution in [0.4, 0.5) is 0 Å². The zero-order valence-corrected chi connectivity index (χ0v) is 10.6. The summed E-state index contributed by atoms with van der Waals surface area (Å²) in [6.07, 6.45) is 7.74. The van der Waals surface area contributed by atoms with E-state index in [2.05, 4.69) is 35.8 Å². The van der Waals surface area contributed by atoms with Crippen molar-refractivity contribution in [3.8, 4) is 0 Å². The van der Waals surface area contributed by atoms with Gasteiger partial charge in [-0.2, -0.15) is 0 Å². The van der Waals surface area contributed by atoms with E-state index in [0.717, 1.165) is 24.8 Å². The fourth-order valence-electron chi connectivity index (χ4n) is 2.39. The molecule has 1 heterocycles. The molecule has 0 aliphatic heterocycles. The molecule has 2 rings (SSSR count). The summed E-state index contributed by atoms with van der Waals surface area (Å²) in [5.41, 5.74) is 0. The number of nitrogens with zero attached hydrogens (tertiary/aromatic N) is 2. The minimum atomic E-state index is 0.709. The molecule has 0 amide bonds. The van der Waals surface area contributed by atoms with E-state index in [1.165, 1.54) is 18.7 Å². The van der Waals surface area contributed by atoms with Crippen molar-refractivity contribution in [3.63, 3.8) is 0 Å². The number of nitrogens with one attached hydrogen (secondary N) is 1. The van der Waals surface area contributed by atoms with Crippen LogP contribution in [0.1, 0.15) is 32.5 Å². The molecule has 1 aliphatic rings. The van der Waals surface area contributed by atoms with E-state index in [-0.39, 0.29) is 0 Å². The predicted octanol–water partition coefficient (Wildman–Crippen LogP) is 1.99. The molecule has 1 aromatic heterocycles. The van der Waals surface area contributed by atoms with Crippen molar-refractivity contribution < 1.29 is 0 Å². The first kappa shape index (κ1) is 11.6. The van der Waals surface area contributed by atoms with Gasteiger partial charge in [0, 0.05) is 38.4 Å². The van der Waals surface area contributed by atoms with E-state index < -0.39 is 0 Å². The van der Waals surface area contributed by atoms with Gasteiger partial charge in [-0.1, -0.05) is 13.8 Å². The Labute approximate surface area is 98.3 Å². The topological polar surface area (TPSA) is 29.9 Å². The minimum absolute atomic E-state index is 0.709. The Balaban J connectivity index is 1.76. The number of aromatic nitrogens is 2. The van der Waals surface area contributed by atoms with Gasteiger partial charge in [-0.3, -0.25) is 0 Å². The van der Waals surface area contributed by atoms with Gasteiger partial charge in [-0.15, -0.1) is 0 Å². The van der Waals surface area contributed by atoms with Crippen LogP contribution in [0.5, 0.6) is 0 Å². The van der Waals surface area contributed by atoms with Gasteiger partial charge in [0.05, 0.1) is 0 Å². The van der Waals surface area contributed by atoms with Crippen molar-refractivity contribution in [2.24, 2.45) is 18.9 Å². The lowest BCUT2D eigenvalue weighted by atomic mass is 9.99. The van der Waals surface area contributed by atoms with Gasteiger partial charge in [0.25, 0.3) is 0 Å². The van der Waals surface area contributed by atoms with Crippen LogP contribution < -0.4 is 5.32 Å². The standard InChI is InChI=1S/C13H23N3/c1-10(2)13(11-4-5-11)15-7-6-12-14-8-9-16(12)3/h8-11,13,15H,4-7H2,1-3H3. The molecular formula is C13H23N3. The maximum Gasteiger partial charge on any atom is 0.109 e. The van der Waals surface area contributed by atoms with Gasteiger partial charge < -0.3 is 9.88 Å². The maximum atomic E-state index is 4.34. The predicted molar refractivity (Wildman–Crippen MR) is 66.3 cm³/mol. The highest BCUT2D eigenvalue weighted by atomic mass is 15.0. The van der Waals surface area contributed by atoms with Crippen LogP contribution in [0.25, 0.3) is 0 Å². The molecule has 90 valence electrons. The largest absolute Gasteiger partial charge is 0.338 e. The Kier molecular flexibility index (Phi) is 3.64. The van der Waals surface area contributed by atoms with Crippen molar-refractivity contribution in [2.45, 2.75) is 39.2 Å². The zero-order chi connectivity index (χ0) is 11.5. The molecule has 3 nitrogen and oxygen atoms in total. The summed E-state index contributed by atoms with van der Waals surface area (Å²) < 4.78 is 2.10. The molecule has 1 saturated carbocycles. The Hall–Kier alpha value is -0.830. The quantitative estimate of drug-likeness (QED) is 0.796. The highest BCUT2D eigenvalue weighted by molar-refractivity contribution is 4.93. The molecule has 0 spiro atoms. The van der Waals surface area contributed by atoms with E-state index in [1.54, 1.807) is 0 Å². The van der Waals surface area contributed by atoms with Crippen LogP contribution in [0.2, 0.25) is 0 Å². The third-order valence-corrected chi connectivity index (χ3v) is 3.50. The second-order valence-corrected chi connectivity index (χ2v) is 5.27. The number of hydrogen-bond acceptors (Lipinski definition) is 2. The third-order valence-electron chi connectivity index (χ3n) is 3.50. The van der Waals surface area contributed by atoms with E-state index >= 15 is 0 Å². The van der Waals surface area contributed by atoms with E-state index in [4.69, 9.17) is 0 Å². The molecule has 1 aromatic rings. The van der Waals surface area contributed by atoms with Crippen LogP contribution in [0.3, 0.4) is 0 Å². The molecule has 0 bridgehead atoms. The lowest BCUT2D eigenvalue weighted by Gasteiger charge is -2.22. The summed E-state index contributed by atoms with van der Waals surface area (Å²) in [6.45, 7) is 5.68. The molecule has 16 heavy (non-hydrogen) atoms. The summed E-state index contributed by atoms with van der Waals surface area (Å²) in [7, 11) is 2.06. The molecule has 3 heteroatoms. The highest BCUT2D eigenvalue weighted by Crippen LogP contribution is 2.35. The van der Waals surface area contributed by atoms with Gasteiger partial charge in [0.15, 0.2) is 0 Å². The van der Waals surface area contributed by atoms with E-state index in [0.29, 0.717) is 6.04 Å². The maximum absolute atomic E-state index is 4.34. The summed E-state index contributed by atoms with van der Waals surface area (Å²) in [4.78, 5) is 4.34. The summed E-state index contributed by atoms with van der Waals surface area (Å²) >= 11 is 0. The molecule has 1 atom stereocenters. The van der Waals surface area contributed by atoms with Crippen molar-refractivity contribution in [1.82, 2.24) is 14.9 Å². The van der Waals surface area contributed by atoms with Gasteiger partial charge in [0.2, 0.25) is 0 Å². The molecule has 0 saturated heterocycles.